The van der Waals surface area contributed by atoms with Crippen LogP contribution in [0.4, 0.5) is 0 Å². The van der Waals surface area contributed by atoms with Crippen LogP contribution in [-0.2, 0) is 0 Å². The van der Waals surface area contributed by atoms with Crippen LogP contribution in [0, 0.1) is 0 Å². The van der Waals surface area contributed by atoms with Crippen LogP contribution in [0.5, 0.6) is 23.0 Å². The zero-order chi connectivity index (χ0) is 23.5. The first-order valence-electron chi connectivity index (χ1n) is 12.1. The lowest BCUT2D eigenvalue weighted by Gasteiger charge is -2.31. The molecule has 0 amide bonds. The van der Waals surface area contributed by atoms with Crippen LogP contribution < -0.4 is 14.4 Å². The molecule has 3 N–H and O–H groups in total. The van der Waals surface area contributed by atoms with Crippen LogP contribution in [0.25, 0.3) is 11.1 Å². The first kappa shape index (κ1) is 22.4. The summed E-state index contributed by atoms with van der Waals surface area (Å²) in [6.45, 7) is 6.35. The monoisotopic (exact) mass is 458 g/mol. The predicted molar refractivity (Wildman–Crippen MR) is 133 cm³/mol. The van der Waals surface area contributed by atoms with E-state index in [1.54, 1.807) is 29.2 Å². The Hall–Kier alpha value is -3.44. The molecule has 1 fully saturated rings. The SMILES string of the molecule is CC1=C(c2ccc(O)cc2)[C@@H](c2ccc(OCC[NH+]3CCCCC3)cc2)Oc2cc(O)ccc21. The lowest BCUT2D eigenvalue weighted by molar-refractivity contribution is -0.904. The van der Waals surface area contributed by atoms with E-state index in [9.17, 15) is 10.2 Å². The highest BCUT2D eigenvalue weighted by Gasteiger charge is 2.29. The number of hydrogen-bond acceptors (Lipinski definition) is 4. The Morgan fingerprint density at radius 2 is 1.59 bits per heavy atom. The molecule has 176 valence electrons. The van der Waals surface area contributed by atoms with E-state index in [1.165, 1.54) is 32.4 Å². The van der Waals surface area contributed by atoms with Crippen molar-refractivity contribution in [1.29, 1.82) is 0 Å². The van der Waals surface area contributed by atoms with Crippen LogP contribution in [0.1, 0.15) is 49.0 Å². The largest absolute Gasteiger partial charge is 0.508 e. The van der Waals surface area contributed by atoms with E-state index in [0.29, 0.717) is 5.75 Å². The van der Waals surface area contributed by atoms with E-state index in [4.69, 9.17) is 9.47 Å². The molecule has 2 aliphatic rings. The molecule has 0 saturated carbocycles. The number of aromatic hydroxyl groups is 2. The van der Waals surface area contributed by atoms with E-state index in [-0.39, 0.29) is 17.6 Å². The number of piperidine rings is 1. The summed E-state index contributed by atoms with van der Waals surface area (Å²) < 4.78 is 12.5. The number of likely N-dealkylation sites (tertiary alicyclic amines) is 1. The number of phenolic OH excluding ortho intramolecular Hbond substituents is 2. The number of phenols is 2. The molecule has 5 nitrogen and oxygen atoms in total. The molecule has 2 aliphatic heterocycles. The first-order valence-corrected chi connectivity index (χ1v) is 12.1. The van der Waals surface area contributed by atoms with Gasteiger partial charge in [-0.25, -0.2) is 0 Å². The van der Waals surface area contributed by atoms with Crippen molar-refractivity contribution in [3.63, 3.8) is 0 Å². The van der Waals surface area contributed by atoms with Crippen molar-refractivity contribution in [2.24, 2.45) is 0 Å². The summed E-state index contributed by atoms with van der Waals surface area (Å²) in [4.78, 5) is 1.64. The molecule has 0 radical (unpaired) electrons. The second-order valence-electron chi connectivity index (χ2n) is 9.24. The quantitative estimate of drug-likeness (QED) is 0.505. The molecule has 1 atom stereocenters. The molecule has 3 aromatic carbocycles. The average molecular weight is 459 g/mol. The third-order valence-electron chi connectivity index (χ3n) is 6.93. The van der Waals surface area contributed by atoms with Crippen molar-refractivity contribution in [2.75, 3.05) is 26.2 Å². The van der Waals surface area contributed by atoms with Crippen molar-refractivity contribution >= 4 is 11.1 Å². The normalized spacial score (nSPS) is 18.3. The molecule has 0 aliphatic carbocycles. The van der Waals surface area contributed by atoms with Gasteiger partial charge < -0.3 is 24.6 Å². The average Bonchev–Trinajstić information content (AvgIpc) is 2.86. The van der Waals surface area contributed by atoms with E-state index in [2.05, 4.69) is 19.1 Å². The van der Waals surface area contributed by atoms with Crippen molar-refractivity contribution in [3.8, 4) is 23.0 Å². The molecule has 0 bridgehead atoms. The smallest absolute Gasteiger partial charge is 0.150 e. The minimum absolute atomic E-state index is 0.179. The Labute approximate surface area is 200 Å². The molecule has 0 spiro atoms. The first-order chi connectivity index (χ1) is 16.6. The zero-order valence-electron chi connectivity index (χ0n) is 19.6. The Morgan fingerprint density at radius 1 is 0.882 bits per heavy atom. The van der Waals surface area contributed by atoms with Crippen LogP contribution in [0.15, 0.2) is 66.7 Å². The number of benzene rings is 3. The van der Waals surface area contributed by atoms with Gasteiger partial charge in [-0.2, -0.15) is 0 Å². The van der Waals surface area contributed by atoms with Crippen molar-refractivity contribution in [3.05, 3.63) is 83.4 Å². The maximum Gasteiger partial charge on any atom is 0.150 e. The van der Waals surface area contributed by atoms with Gasteiger partial charge in [0, 0.05) is 17.2 Å². The Balaban J connectivity index is 1.39. The van der Waals surface area contributed by atoms with E-state index < -0.39 is 0 Å². The van der Waals surface area contributed by atoms with Gasteiger partial charge >= 0.3 is 0 Å². The zero-order valence-corrected chi connectivity index (χ0v) is 19.6. The summed E-state index contributed by atoms with van der Waals surface area (Å²) in [6.07, 6.45) is 3.66. The summed E-state index contributed by atoms with van der Waals surface area (Å²) in [5.41, 5.74) is 5.08. The summed E-state index contributed by atoms with van der Waals surface area (Å²) >= 11 is 0. The van der Waals surface area contributed by atoms with Gasteiger partial charge in [-0.3, -0.25) is 0 Å². The van der Waals surface area contributed by atoms with E-state index >= 15 is 0 Å². The molecule has 3 aromatic rings. The lowest BCUT2D eigenvalue weighted by atomic mass is 9.86. The van der Waals surface area contributed by atoms with Gasteiger partial charge in [-0.05, 0) is 79.3 Å². The van der Waals surface area contributed by atoms with Gasteiger partial charge in [0.15, 0.2) is 0 Å². The van der Waals surface area contributed by atoms with Gasteiger partial charge in [0.2, 0.25) is 0 Å². The standard InChI is InChI=1S/C29H31NO4/c1-20-26-14-11-24(32)19-27(26)34-29(28(20)21-5-9-23(31)10-6-21)22-7-12-25(13-8-22)33-18-17-30-15-3-2-4-16-30/h5-14,19,29,31-32H,2-4,15-18H2,1H3/p+1/t29-/m1/s1. The number of rotatable bonds is 6. The molecule has 1 saturated heterocycles. The summed E-state index contributed by atoms with van der Waals surface area (Å²) in [5.74, 6) is 1.93. The number of allylic oxidation sites excluding steroid dienone is 1. The van der Waals surface area contributed by atoms with Crippen molar-refractivity contribution in [2.45, 2.75) is 32.3 Å². The van der Waals surface area contributed by atoms with Crippen LogP contribution >= 0.6 is 0 Å². The predicted octanol–water partition coefficient (Wildman–Crippen LogP) is 4.61. The molecule has 34 heavy (non-hydrogen) atoms. The van der Waals surface area contributed by atoms with Crippen molar-refractivity contribution in [1.82, 2.24) is 0 Å². The molecule has 0 aromatic heterocycles. The third kappa shape index (κ3) is 4.75. The molecule has 0 unspecified atom stereocenters. The second kappa shape index (κ2) is 9.82. The molecular formula is C29H32NO4+. The van der Waals surface area contributed by atoms with Gasteiger partial charge in [0.1, 0.15) is 42.3 Å². The highest BCUT2D eigenvalue weighted by molar-refractivity contribution is 5.95. The number of nitrogens with one attached hydrogen (secondary N) is 1. The molecule has 5 rings (SSSR count). The second-order valence-corrected chi connectivity index (χ2v) is 9.24. The summed E-state index contributed by atoms with van der Waals surface area (Å²) in [6, 6.07) is 20.6. The van der Waals surface area contributed by atoms with Crippen LogP contribution in [0.3, 0.4) is 0 Å². The topological polar surface area (TPSA) is 63.4 Å². The van der Waals surface area contributed by atoms with Gasteiger partial charge in [-0.15, -0.1) is 0 Å². The van der Waals surface area contributed by atoms with Crippen LogP contribution in [0.2, 0.25) is 0 Å². The van der Waals surface area contributed by atoms with Gasteiger partial charge in [0.05, 0.1) is 13.1 Å². The fourth-order valence-electron chi connectivity index (χ4n) is 5.04. The number of hydrogen-bond donors (Lipinski definition) is 3. The minimum atomic E-state index is -0.342. The number of fused-ring (bicyclic) bond motifs is 1. The third-order valence-corrected chi connectivity index (χ3v) is 6.93. The molecule has 2 heterocycles. The number of quaternary nitrogens is 1. The lowest BCUT2D eigenvalue weighted by Crippen LogP contribution is -3.13. The Bertz CT molecular complexity index is 1160. The minimum Gasteiger partial charge on any atom is -0.508 e. The van der Waals surface area contributed by atoms with Gasteiger partial charge in [-0.1, -0.05) is 24.3 Å². The fraction of sp³-hybridized carbons (Fsp3) is 0.310. The fourth-order valence-corrected chi connectivity index (χ4v) is 5.04. The van der Waals surface area contributed by atoms with Crippen LogP contribution in [-0.4, -0.2) is 36.5 Å². The molecule has 5 heteroatoms. The number of ether oxygens (including phenoxy) is 2. The Kier molecular flexibility index (Phi) is 6.45. The van der Waals surface area contributed by atoms with E-state index in [0.717, 1.165) is 46.7 Å². The van der Waals surface area contributed by atoms with Gasteiger partial charge in [0.25, 0.3) is 0 Å². The maximum absolute atomic E-state index is 10.0. The van der Waals surface area contributed by atoms with Crippen molar-refractivity contribution < 1.29 is 24.6 Å². The Morgan fingerprint density at radius 3 is 2.32 bits per heavy atom. The summed E-state index contributed by atoms with van der Waals surface area (Å²) in [5, 5.41) is 19.8. The maximum atomic E-state index is 10.0. The molecular weight excluding hydrogens is 426 g/mol. The summed E-state index contributed by atoms with van der Waals surface area (Å²) in [7, 11) is 0. The highest BCUT2D eigenvalue weighted by atomic mass is 16.5. The highest BCUT2D eigenvalue weighted by Crippen LogP contribution is 2.47. The van der Waals surface area contributed by atoms with E-state index in [1.807, 2.05) is 30.3 Å².